The first kappa shape index (κ1) is 23.7. The lowest BCUT2D eigenvalue weighted by molar-refractivity contribution is -0.137. The van der Waals surface area contributed by atoms with E-state index in [-0.39, 0.29) is 24.2 Å². The predicted octanol–water partition coefficient (Wildman–Crippen LogP) is 4.11. The summed E-state index contributed by atoms with van der Waals surface area (Å²) >= 11 is 0. The summed E-state index contributed by atoms with van der Waals surface area (Å²) in [6, 6.07) is 11.6. The van der Waals surface area contributed by atoms with Gasteiger partial charge in [0.05, 0.1) is 25.3 Å². The molecule has 9 heteroatoms. The SMILES string of the molecule is CC(CC(=O)Nc1ccc(NC(=O)CN2CCOCC2)cc1)c1ccc(C(F)(F)F)cc1. The fourth-order valence-corrected chi connectivity index (χ4v) is 3.41. The Kier molecular flexibility index (Phi) is 7.87. The van der Waals surface area contributed by atoms with Crippen molar-refractivity contribution >= 4 is 23.2 Å². The minimum Gasteiger partial charge on any atom is -0.379 e. The number of nitrogens with zero attached hydrogens (tertiary/aromatic N) is 1. The molecule has 0 saturated carbocycles. The van der Waals surface area contributed by atoms with Gasteiger partial charge < -0.3 is 15.4 Å². The summed E-state index contributed by atoms with van der Waals surface area (Å²) in [6.45, 7) is 4.78. The van der Waals surface area contributed by atoms with E-state index in [1.165, 1.54) is 12.1 Å². The zero-order valence-electron chi connectivity index (χ0n) is 17.7. The lowest BCUT2D eigenvalue weighted by atomic mass is 9.96. The fraction of sp³-hybridized carbons (Fsp3) is 0.391. The van der Waals surface area contributed by atoms with Crippen LogP contribution in [0.4, 0.5) is 24.5 Å². The highest BCUT2D eigenvalue weighted by Crippen LogP contribution is 2.30. The lowest BCUT2D eigenvalue weighted by Crippen LogP contribution is -2.41. The molecule has 2 aromatic carbocycles. The van der Waals surface area contributed by atoms with Crippen molar-refractivity contribution in [1.82, 2.24) is 4.90 Å². The molecule has 2 amide bonds. The van der Waals surface area contributed by atoms with E-state index in [0.29, 0.717) is 36.7 Å². The number of hydrogen-bond acceptors (Lipinski definition) is 4. The zero-order valence-corrected chi connectivity index (χ0v) is 17.7. The molecule has 1 heterocycles. The van der Waals surface area contributed by atoms with Gasteiger partial charge in [0.15, 0.2) is 0 Å². The van der Waals surface area contributed by atoms with Crippen LogP contribution in [0.15, 0.2) is 48.5 Å². The molecule has 2 aromatic rings. The average Bonchev–Trinajstić information content (AvgIpc) is 2.75. The van der Waals surface area contributed by atoms with Crippen LogP contribution in [0, 0.1) is 0 Å². The third-order valence-electron chi connectivity index (χ3n) is 5.22. The van der Waals surface area contributed by atoms with E-state index < -0.39 is 11.7 Å². The highest BCUT2D eigenvalue weighted by atomic mass is 19.4. The summed E-state index contributed by atoms with van der Waals surface area (Å²) < 4.78 is 43.3. The van der Waals surface area contributed by atoms with Crippen LogP contribution >= 0.6 is 0 Å². The van der Waals surface area contributed by atoms with Gasteiger partial charge in [-0.2, -0.15) is 13.2 Å². The number of rotatable bonds is 7. The van der Waals surface area contributed by atoms with Gasteiger partial charge in [0.1, 0.15) is 0 Å². The normalized spacial score (nSPS) is 15.8. The molecule has 1 fully saturated rings. The van der Waals surface area contributed by atoms with Gasteiger partial charge in [-0.25, -0.2) is 0 Å². The van der Waals surface area contributed by atoms with E-state index in [1.807, 2.05) is 4.90 Å². The van der Waals surface area contributed by atoms with Crippen LogP contribution in [-0.4, -0.2) is 49.6 Å². The quantitative estimate of drug-likeness (QED) is 0.668. The maximum Gasteiger partial charge on any atom is 0.416 e. The van der Waals surface area contributed by atoms with Gasteiger partial charge in [-0.15, -0.1) is 0 Å². The van der Waals surface area contributed by atoms with Crippen molar-refractivity contribution in [1.29, 1.82) is 0 Å². The summed E-state index contributed by atoms with van der Waals surface area (Å²) in [4.78, 5) is 26.5. The molecular weight excluding hydrogens is 423 g/mol. The third kappa shape index (κ3) is 7.06. The van der Waals surface area contributed by atoms with Crippen molar-refractivity contribution in [3.05, 3.63) is 59.7 Å². The molecule has 0 radical (unpaired) electrons. The van der Waals surface area contributed by atoms with Crippen molar-refractivity contribution in [3.8, 4) is 0 Å². The summed E-state index contributed by atoms with van der Waals surface area (Å²) in [7, 11) is 0. The molecule has 1 unspecified atom stereocenters. The van der Waals surface area contributed by atoms with E-state index in [4.69, 9.17) is 4.74 Å². The van der Waals surface area contributed by atoms with Crippen LogP contribution in [-0.2, 0) is 20.5 Å². The molecule has 0 aliphatic carbocycles. The molecular formula is C23H26F3N3O3. The van der Waals surface area contributed by atoms with Crippen molar-refractivity contribution in [3.63, 3.8) is 0 Å². The first-order valence-electron chi connectivity index (χ1n) is 10.4. The zero-order chi connectivity index (χ0) is 23.1. The van der Waals surface area contributed by atoms with Crippen molar-refractivity contribution in [2.75, 3.05) is 43.5 Å². The standard InChI is InChI=1S/C23H26F3N3O3/c1-16(17-2-4-18(5-3-17)23(24,25)26)14-21(30)27-19-6-8-20(9-7-19)28-22(31)15-29-10-12-32-13-11-29/h2-9,16H,10-15H2,1H3,(H,27,30)(H,28,31). The van der Waals surface area contributed by atoms with E-state index >= 15 is 0 Å². The summed E-state index contributed by atoms with van der Waals surface area (Å²) in [6.07, 6.45) is -4.25. The number of ether oxygens (including phenoxy) is 1. The van der Waals surface area contributed by atoms with Gasteiger partial charge >= 0.3 is 6.18 Å². The maximum atomic E-state index is 12.7. The molecule has 1 aliphatic rings. The average molecular weight is 449 g/mol. The van der Waals surface area contributed by atoms with E-state index in [1.54, 1.807) is 31.2 Å². The Morgan fingerprint density at radius 2 is 1.47 bits per heavy atom. The Bertz CT molecular complexity index is 909. The Hall–Kier alpha value is -2.91. The second-order valence-corrected chi connectivity index (χ2v) is 7.79. The molecule has 0 spiro atoms. The summed E-state index contributed by atoms with van der Waals surface area (Å²) in [5, 5.41) is 5.60. The van der Waals surface area contributed by atoms with Gasteiger partial charge in [-0.05, 0) is 47.9 Å². The van der Waals surface area contributed by atoms with Crippen LogP contribution in [0.2, 0.25) is 0 Å². The van der Waals surface area contributed by atoms with Crippen LogP contribution in [0.25, 0.3) is 0 Å². The van der Waals surface area contributed by atoms with Crippen LogP contribution < -0.4 is 10.6 Å². The van der Waals surface area contributed by atoms with Crippen LogP contribution in [0.5, 0.6) is 0 Å². The van der Waals surface area contributed by atoms with Crippen molar-refractivity contribution in [2.45, 2.75) is 25.4 Å². The second kappa shape index (κ2) is 10.6. The minimum atomic E-state index is -4.38. The van der Waals surface area contributed by atoms with Gasteiger partial charge in [-0.3, -0.25) is 14.5 Å². The molecule has 1 atom stereocenters. The molecule has 0 aromatic heterocycles. The predicted molar refractivity (Wildman–Crippen MR) is 115 cm³/mol. The molecule has 1 aliphatic heterocycles. The number of hydrogen-bond donors (Lipinski definition) is 2. The number of carbonyl (C=O) groups is 2. The number of amides is 2. The number of anilines is 2. The van der Waals surface area contributed by atoms with Crippen LogP contribution in [0.1, 0.15) is 30.4 Å². The Morgan fingerprint density at radius 3 is 2.00 bits per heavy atom. The Labute approximate surface area is 184 Å². The van der Waals surface area contributed by atoms with Crippen LogP contribution in [0.3, 0.4) is 0 Å². The molecule has 0 bridgehead atoms. The lowest BCUT2D eigenvalue weighted by Gasteiger charge is -2.25. The van der Waals surface area contributed by atoms with Crippen molar-refractivity contribution in [2.24, 2.45) is 0 Å². The molecule has 172 valence electrons. The second-order valence-electron chi connectivity index (χ2n) is 7.79. The fourth-order valence-electron chi connectivity index (χ4n) is 3.41. The largest absolute Gasteiger partial charge is 0.416 e. The van der Waals surface area contributed by atoms with Crippen molar-refractivity contribution < 1.29 is 27.5 Å². The summed E-state index contributed by atoms with van der Waals surface area (Å²) in [5.74, 6) is -0.605. The third-order valence-corrected chi connectivity index (χ3v) is 5.22. The monoisotopic (exact) mass is 449 g/mol. The van der Waals surface area contributed by atoms with E-state index in [9.17, 15) is 22.8 Å². The number of carbonyl (C=O) groups excluding carboxylic acids is 2. The number of nitrogens with one attached hydrogen (secondary N) is 2. The topological polar surface area (TPSA) is 70.7 Å². The molecule has 6 nitrogen and oxygen atoms in total. The molecule has 3 rings (SSSR count). The molecule has 32 heavy (non-hydrogen) atoms. The van der Waals surface area contributed by atoms with Gasteiger partial charge in [0, 0.05) is 30.9 Å². The summed E-state index contributed by atoms with van der Waals surface area (Å²) in [5.41, 5.74) is 1.14. The van der Waals surface area contributed by atoms with Gasteiger partial charge in [-0.1, -0.05) is 19.1 Å². The highest BCUT2D eigenvalue weighted by Gasteiger charge is 2.30. The first-order chi connectivity index (χ1) is 15.2. The first-order valence-corrected chi connectivity index (χ1v) is 10.4. The number of alkyl halides is 3. The van der Waals surface area contributed by atoms with Gasteiger partial charge in [0.2, 0.25) is 11.8 Å². The number of halogens is 3. The molecule has 2 N–H and O–H groups in total. The van der Waals surface area contributed by atoms with Gasteiger partial charge in [0.25, 0.3) is 0 Å². The Balaban J connectivity index is 1.47. The maximum absolute atomic E-state index is 12.7. The minimum absolute atomic E-state index is 0.117. The van der Waals surface area contributed by atoms with E-state index in [0.717, 1.165) is 25.2 Å². The Morgan fingerprint density at radius 1 is 0.938 bits per heavy atom. The smallest absolute Gasteiger partial charge is 0.379 e. The molecule has 1 saturated heterocycles. The number of benzene rings is 2. The highest BCUT2D eigenvalue weighted by molar-refractivity contribution is 5.94. The number of morpholine rings is 1. The van der Waals surface area contributed by atoms with E-state index in [2.05, 4.69) is 10.6 Å².